The second-order valence-electron chi connectivity index (χ2n) is 2.63. The maximum Gasteiger partial charge on any atom is 0.00638 e. The van der Waals surface area contributed by atoms with Crippen molar-refractivity contribution < 1.29 is 0 Å². The summed E-state index contributed by atoms with van der Waals surface area (Å²) in [6, 6.07) is 0. The van der Waals surface area contributed by atoms with E-state index < -0.39 is 0 Å². The van der Waals surface area contributed by atoms with Gasteiger partial charge >= 0.3 is 0 Å². The van der Waals surface area contributed by atoms with Crippen LogP contribution in [0.25, 0.3) is 0 Å². The molecule has 0 heterocycles. The fourth-order valence-corrected chi connectivity index (χ4v) is 1.15. The summed E-state index contributed by atoms with van der Waals surface area (Å²) in [5, 5.41) is 0. The molecule has 10 heavy (non-hydrogen) atoms. The molecule has 0 heteroatoms. The molecule has 0 radical (unpaired) electrons. The molecule has 1 aliphatic rings. The first kappa shape index (κ1) is 7.41. The van der Waals surface area contributed by atoms with E-state index in [1.54, 1.807) is 0 Å². The van der Waals surface area contributed by atoms with E-state index in [1.807, 2.05) is 0 Å². The number of rotatable bonds is 0. The molecule has 0 aromatic heterocycles. The Labute approximate surface area is 63.3 Å². The molecule has 0 aromatic rings. The molecule has 54 valence electrons. The molecule has 1 rings (SSSR count). The largest absolute Gasteiger partial charge is 0.0985 e. The molecular formula is C10H14. The summed E-state index contributed by atoms with van der Waals surface area (Å²) in [6.07, 6.45) is 8.42. The van der Waals surface area contributed by atoms with Crippen LogP contribution >= 0.6 is 0 Å². The zero-order chi connectivity index (χ0) is 7.23. The van der Waals surface area contributed by atoms with Gasteiger partial charge in [-0.25, -0.2) is 0 Å². The average Bonchev–Trinajstić information content (AvgIpc) is 2.03. The smallest absolute Gasteiger partial charge is 0.00638 e. The average molecular weight is 134 g/mol. The van der Waals surface area contributed by atoms with Crippen LogP contribution in [-0.2, 0) is 0 Å². The summed E-state index contributed by atoms with van der Waals surface area (Å²) >= 11 is 0. The Kier molecular flexibility index (Phi) is 3.09. The Bertz CT molecular complexity index is 176. The lowest BCUT2D eigenvalue weighted by Crippen LogP contribution is -1.88. The molecule has 0 fully saturated rings. The minimum Gasteiger partial charge on any atom is -0.0985 e. The minimum atomic E-state index is 0.983. The molecule has 0 unspecified atom stereocenters. The van der Waals surface area contributed by atoms with Gasteiger partial charge in [-0.3, -0.25) is 0 Å². The van der Waals surface area contributed by atoms with E-state index in [4.69, 9.17) is 0 Å². The van der Waals surface area contributed by atoms with Crippen molar-refractivity contribution >= 4 is 0 Å². The van der Waals surface area contributed by atoms with Crippen molar-refractivity contribution in [1.82, 2.24) is 0 Å². The third-order valence-electron chi connectivity index (χ3n) is 1.72. The van der Waals surface area contributed by atoms with Crippen LogP contribution in [-0.4, -0.2) is 0 Å². The molecule has 0 nitrogen and oxygen atoms in total. The molecule has 0 amide bonds. The number of allylic oxidation sites excluding steroid dienone is 2. The SMILES string of the molecule is CCC#CC1=CCCCC1. The van der Waals surface area contributed by atoms with E-state index in [-0.39, 0.29) is 0 Å². The molecule has 1 aliphatic carbocycles. The van der Waals surface area contributed by atoms with E-state index >= 15 is 0 Å². The van der Waals surface area contributed by atoms with Crippen molar-refractivity contribution in [2.24, 2.45) is 0 Å². The van der Waals surface area contributed by atoms with E-state index in [0.29, 0.717) is 0 Å². The lowest BCUT2D eigenvalue weighted by molar-refractivity contribution is 0.715. The summed E-state index contributed by atoms with van der Waals surface area (Å²) in [4.78, 5) is 0. The fourth-order valence-electron chi connectivity index (χ4n) is 1.15. The predicted octanol–water partition coefficient (Wildman–Crippen LogP) is 2.90. The normalized spacial score (nSPS) is 17.1. The Hall–Kier alpha value is -0.700. The van der Waals surface area contributed by atoms with E-state index in [9.17, 15) is 0 Å². The summed E-state index contributed by atoms with van der Waals surface area (Å²) in [7, 11) is 0. The van der Waals surface area contributed by atoms with Gasteiger partial charge in [0.05, 0.1) is 0 Å². The summed E-state index contributed by atoms with van der Waals surface area (Å²) in [6.45, 7) is 2.09. The van der Waals surface area contributed by atoms with Gasteiger partial charge < -0.3 is 0 Å². The number of hydrogen-bond donors (Lipinski definition) is 0. The highest BCUT2D eigenvalue weighted by molar-refractivity contribution is 5.29. The first-order valence-electron chi connectivity index (χ1n) is 4.11. The lowest BCUT2D eigenvalue weighted by atomic mass is 10.0. The van der Waals surface area contributed by atoms with Crippen LogP contribution in [0.4, 0.5) is 0 Å². The predicted molar refractivity (Wildman–Crippen MR) is 44.6 cm³/mol. The van der Waals surface area contributed by atoms with Gasteiger partial charge in [0.1, 0.15) is 0 Å². The van der Waals surface area contributed by atoms with Crippen LogP contribution in [0.5, 0.6) is 0 Å². The summed E-state index contributed by atoms with van der Waals surface area (Å²) in [5.74, 6) is 6.28. The molecule has 0 spiro atoms. The van der Waals surface area contributed by atoms with Crippen LogP contribution in [0.15, 0.2) is 11.6 Å². The molecule has 0 aliphatic heterocycles. The van der Waals surface area contributed by atoms with E-state index in [0.717, 1.165) is 6.42 Å². The van der Waals surface area contributed by atoms with Crippen molar-refractivity contribution in [3.05, 3.63) is 11.6 Å². The Morgan fingerprint density at radius 3 is 3.00 bits per heavy atom. The van der Waals surface area contributed by atoms with Crippen LogP contribution < -0.4 is 0 Å². The third-order valence-corrected chi connectivity index (χ3v) is 1.72. The molecule has 0 saturated heterocycles. The maximum atomic E-state index is 3.18. The molecule has 0 N–H and O–H groups in total. The van der Waals surface area contributed by atoms with Crippen LogP contribution in [0, 0.1) is 11.8 Å². The highest BCUT2D eigenvalue weighted by atomic mass is 14.0. The monoisotopic (exact) mass is 134 g/mol. The van der Waals surface area contributed by atoms with Crippen LogP contribution in [0.3, 0.4) is 0 Å². The zero-order valence-corrected chi connectivity index (χ0v) is 6.61. The second kappa shape index (κ2) is 4.17. The first-order chi connectivity index (χ1) is 4.93. The van der Waals surface area contributed by atoms with Crippen molar-refractivity contribution in [2.75, 3.05) is 0 Å². The van der Waals surface area contributed by atoms with Gasteiger partial charge in [0.15, 0.2) is 0 Å². The van der Waals surface area contributed by atoms with Gasteiger partial charge in [0, 0.05) is 6.42 Å². The van der Waals surface area contributed by atoms with E-state index in [2.05, 4.69) is 24.8 Å². The van der Waals surface area contributed by atoms with Crippen LogP contribution in [0.1, 0.15) is 39.0 Å². The van der Waals surface area contributed by atoms with Gasteiger partial charge in [-0.15, -0.1) is 0 Å². The van der Waals surface area contributed by atoms with Gasteiger partial charge in [0.2, 0.25) is 0 Å². The Morgan fingerprint density at radius 2 is 2.40 bits per heavy atom. The highest BCUT2D eigenvalue weighted by Crippen LogP contribution is 2.15. The second-order valence-corrected chi connectivity index (χ2v) is 2.63. The van der Waals surface area contributed by atoms with Crippen molar-refractivity contribution in [3.63, 3.8) is 0 Å². The first-order valence-corrected chi connectivity index (χ1v) is 4.11. The number of hydrogen-bond acceptors (Lipinski definition) is 0. The zero-order valence-electron chi connectivity index (χ0n) is 6.61. The maximum absolute atomic E-state index is 3.18. The lowest BCUT2D eigenvalue weighted by Gasteiger charge is -2.05. The molecule has 0 atom stereocenters. The minimum absolute atomic E-state index is 0.983. The van der Waals surface area contributed by atoms with Gasteiger partial charge in [0.25, 0.3) is 0 Å². The summed E-state index contributed by atoms with van der Waals surface area (Å²) in [5.41, 5.74) is 1.37. The standard InChI is InChI=1S/C10H14/c1-2-3-7-10-8-5-4-6-9-10/h8H,2,4-6,9H2,1H3. The van der Waals surface area contributed by atoms with Crippen LogP contribution in [0.2, 0.25) is 0 Å². The molecular weight excluding hydrogens is 120 g/mol. The fraction of sp³-hybridized carbons (Fsp3) is 0.600. The van der Waals surface area contributed by atoms with Gasteiger partial charge in [-0.1, -0.05) is 24.8 Å². The summed E-state index contributed by atoms with van der Waals surface area (Å²) < 4.78 is 0. The molecule has 0 aromatic carbocycles. The van der Waals surface area contributed by atoms with Crippen molar-refractivity contribution in [1.29, 1.82) is 0 Å². The molecule has 0 bridgehead atoms. The van der Waals surface area contributed by atoms with Crippen molar-refractivity contribution in [3.8, 4) is 11.8 Å². The van der Waals surface area contributed by atoms with Gasteiger partial charge in [-0.05, 0) is 31.3 Å². The third kappa shape index (κ3) is 2.27. The topological polar surface area (TPSA) is 0 Å². The molecule has 0 saturated carbocycles. The Balaban J connectivity index is 2.46. The Morgan fingerprint density at radius 1 is 1.50 bits per heavy atom. The van der Waals surface area contributed by atoms with E-state index in [1.165, 1.54) is 31.3 Å². The van der Waals surface area contributed by atoms with Gasteiger partial charge in [-0.2, -0.15) is 0 Å². The highest BCUT2D eigenvalue weighted by Gasteiger charge is 1.98. The quantitative estimate of drug-likeness (QED) is 0.447. The van der Waals surface area contributed by atoms with Crippen molar-refractivity contribution in [2.45, 2.75) is 39.0 Å².